The smallest absolute Gasteiger partial charge is 0.143 e. The second-order valence-electron chi connectivity index (χ2n) is 12.4. The fourth-order valence-corrected chi connectivity index (χ4v) is 7.68. The largest absolute Gasteiger partial charge is 0.455 e. The molecule has 0 N–H and O–H groups in total. The minimum Gasteiger partial charge on any atom is -0.455 e. The predicted molar refractivity (Wildman–Crippen MR) is 200 cm³/mol. The lowest BCUT2D eigenvalue weighted by Crippen LogP contribution is -1.91. The highest BCUT2D eigenvalue weighted by Crippen LogP contribution is 2.47. The van der Waals surface area contributed by atoms with Gasteiger partial charge >= 0.3 is 0 Å². The molecule has 218 valence electrons. The molecule has 10 rings (SSSR count). The highest BCUT2D eigenvalue weighted by atomic mass is 16.3. The highest BCUT2D eigenvalue weighted by Gasteiger charge is 2.21. The van der Waals surface area contributed by atoms with Crippen molar-refractivity contribution in [1.82, 2.24) is 0 Å². The van der Waals surface area contributed by atoms with E-state index in [1.807, 2.05) is 0 Å². The Hall–Kier alpha value is -6.18. The van der Waals surface area contributed by atoms with Crippen molar-refractivity contribution in [2.24, 2.45) is 0 Å². The van der Waals surface area contributed by atoms with Crippen molar-refractivity contribution in [1.29, 1.82) is 0 Å². The second kappa shape index (κ2) is 10.2. The predicted octanol–water partition coefficient (Wildman–Crippen LogP) is 13.2. The summed E-state index contributed by atoms with van der Waals surface area (Å²) in [6, 6.07) is 61.6. The Labute approximate surface area is 271 Å². The van der Waals surface area contributed by atoms with Gasteiger partial charge in [0.25, 0.3) is 0 Å². The Balaban J connectivity index is 1.34. The molecule has 1 heteroatoms. The van der Waals surface area contributed by atoms with Gasteiger partial charge < -0.3 is 4.42 Å². The van der Waals surface area contributed by atoms with Gasteiger partial charge in [-0.3, -0.25) is 0 Å². The lowest BCUT2D eigenvalue weighted by Gasteiger charge is -2.18. The van der Waals surface area contributed by atoms with Crippen molar-refractivity contribution in [3.63, 3.8) is 0 Å². The molecular formula is C46H28O. The van der Waals surface area contributed by atoms with Gasteiger partial charge in [0.1, 0.15) is 11.2 Å². The van der Waals surface area contributed by atoms with E-state index in [1.54, 1.807) is 0 Å². The summed E-state index contributed by atoms with van der Waals surface area (Å²) in [6.45, 7) is 0. The molecule has 47 heavy (non-hydrogen) atoms. The summed E-state index contributed by atoms with van der Waals surface area (Å²) in [4.78, 5) is 0. The van der Waals surface area contributed by atoms with Gasteiger partial charge in [-0.2, -0.15) is 0 Å². The third-order valence-corrected chi connectivity index (χ3v) is 9.81. The number of benzene rings is 9. The molecule has 0 aliphatic carbocycles. The van der Waals surface area contributed by atoms with Crippen molar-refractivity contribution < 1.29 is 4.42 Å². The first-order valence-corrected chi connectivity index (χ1v) is 16.2. The van der Waals surface area contributed by atoms with Crippen molar-refractivity contribution in [3.05, 3.63) is 170 Å². The van der Waals surface area contributed by atoms with Gasteiger partial charge in [-0.1, -0.05) is 146 Å². The van der Waals surface area contributed by atoms with Crippen LogP contribution < -0.4 is 0 Å². The molecule has 0 atom stereocenters. The first-order chi connectivity index (χ1) is 23.3. The highest BCUT2D eigenvalue weighted by molar-refractivity contribution is 6.24. The Kier molecular flexibility index (Phi) is 5.64. The van der Waals surface area contributed by atoms with Gasteiger partial charge in [-0.15, -0.1) is 0 Å². The zero-order chi connectivity index (χ0) is 30.9. The van der Waals surface area contributed by atoms with E-state index in [-0.39, 0.29) is 0 Å². The fraction of sp³-hybridized carbons (Fsp3) is 0. The molecule has 9 aromatic carbocycles. The Morgan fingerprint density at radius 3 is 1.53 bits per heavy atom. The molecule has 10 aromatic rings. The fourth-order valence-electron chi connectivity index (χ4n) is 7.68. The molecule has 0 saturated heterocycles. The molecule has 0 amide bonds. The Morgan fingerprint density at radius 1 is 0.277 bits per heavy atom. The maximum atomic E-state index is 6.83. The van der Waals surface area contributed by atoms with Crippen LogP contribution in [0.1, 0.15) is 0 Å². The van der Waals surface area contributed by atoms with Crippen LogP contribution in [-0.2, 0) is 0 Å². The summed E-state index contributed by atoms with van der Waals surface area (Å²) >= 11 is 0. The van der Waals surface area contributed by atoms with Crippen LogP contribution in [0.25, 0.3) is 98.4 Å². The normalized spacial score (nSPS) is 11.8. The molecule has 0 spiro atoms. The molecule has 0 aliphatic rings. The second-order valence-corrected chi connectivity index (χ2v) is 12.4. The third kappa shape index (κ3) is 3.97. The van der Waals surface area contributed by atoms with Gasteiger partial charge in [-0.25, -0.2) is 0 Å². The topological polar surface area (TPSA) is 13.1 Å². The molecule has 0 aliphatic heterocycles. The van der Waals surface area contributed by atoms with Crippen LogP contribution >= 0.6 is 0 Å². The summed E-state index contributed by atoms with van der Waals surface area (Å²) in [5, 5.41) is 12.1. The van der Waals surface area contributed by atoms with Crippen LogP contribution in [0.4, 0.5) is 0 Å². The quantitative estimate of drug-likeness (QED) is 0.185. The minimum atomic E-state index is 0.924. The Bertz CT molecular complexity index is 2780. The number of fused-ring (bicyclic) bond motifs is 8. The molecule has 0 unspecified atom stereocenters. The van der Waals surface area contributed by atoms with E-state index >= 15 is 0 Å². The van der Waals surface area contributed by atoms with E-state index in [4.69, 9.17) is 4.42 Å². The lowest BCUT2D eigenvalue weighted by atomic mass is 9.84. The summed E-state index contributed by atoms with van der Waals surface area (Å²) < 4.78 is 6.83. The summed E-state index contributed by atoms with van der Waals surface area (Å²) in [7, 11) is 0. The minimum absolute atomic E-state index is 0.924. The van der Waals surface area contributed by atoms with Crippen molar-refractivity contribution in [2.45, 2.75) is 0 Å². The molecular weight excluding hydrogens is 569 g/mol. The standard InChI is InChI=1S/C46H28O/c1-2-13-30(14-3-1)41-27-34(28-42-40-25-24-31-15-6-7-17-35(31)45(40)47-46(41)42)44-38-20-10-8-18-36(38)43(37-19-9-11-21-39(37)44)33-23-22-29-12-4-5-16-32(29)26-33/h1-28H. The third-order valence-electron chi connectivity index (χ3n) is 9.81. The molecule has 0 radical (unpaired) electrons. The van der Waals surface area contributed by atoms with Crippen LogP contribution in [0.2, 0.25) is 0 Å². The summed E-state index contributed by atoms with van der Waals surface area (Å²) in [5.74, 6) is 0. The molecule has 1 heterocycles. The number of furan rings is 1. The molecule has 1 nitrogen and oxygen atoms in total. The van der Waals surface area contributed by atoms with Crippen molar-refractivity contribution >= 4 is 65.0 Å². The summed E-state index contributed by atoms with van der Waals surface area (Å²) in [5.41, 5.74) is 9.04. The Morgan fingerprint density at radius 2 is 0.830 bits per heavy atom. The number of hydrogen-bond acceptors (Lipinski definition) is 1. The van der Waals surface area contributed by atoms with E-state index in [0.717, 1.165) is 38.5 Å². The first kappa shape index (κ1) is 26.1. The van der Waals surface area contributed by atoms with E-state index < -0.39 is 0 Å². The van der Waals surface area contributed by atoms with Gasteiger partial charge in [0.2, 0.25) is 0 Å². The van der Waals surface area contributed by atoms with E-state index in [9.17, 15) is 0 Å². The monoisotopic (exact) mass is 596 g/mol. The average molecular weight is 597 g/mol. The van der Waals surface area contributed by atoms with Crippen LogP contribution in [0.3, 0.4) is 0 Å². The average Bonchev–Trinajstić information content (AvgIpc) is 3.53. The molecule has 0 saturated carbocycles. The zero-order valence-corrected chi connectivity index (χ0v) is 25.6. The van der Waals surface area contributed by atoms with Crippen LogP contribution in [0.15, 0.2) is 174 Å². The van der Waals surface area contributed by atoms with Crippen molar-refractivity contribution in [3.8, 4) is 33.4 Å². The molecule has 1 aromatic heterocycles. The van der Waals surface area contributed by atoms with Crippen molar-refractivity contribution in [2.75, 3.05) is 0 Å². The maximum absolute atomic E-state index is 6.83. The SMILES string of the molecule is c1ccc(-c2cc(-c3c4ccccc4c(-c4ccc5ccccc5c4)c4ccccc34)cc3c2oc2c4ccccc4ccc32)cc1. The van der Waals surface area contributed by atoms with Crippen LogP contribution in [0, 0.1) is 0 Å². The van der Waals surface area contributed by atoms with Crippen LogP contribution in [-0.4, -0.2) is 0 Å². The van der Waals surface area contributed by atoms with Gasteiger partial charge in [0, 0.05) is 21.7 Å². The molecule has 0 bridgehead atoms. The number of rotatable bonds is 3. The first-order valence-electron chi connectivity index (χ1n) is 16.2. The maximum Gasteiger partial charge on any atom is 0.143 e. The molecule has 0 fully saturated rings. The lowest BCUT2D eigenvalue weighted by molar-refractivity contribution is 0.674. The number of hydrogen-bond donors (Lipinski definition) is 0. The van der Waals surface area contributed by atoms with Gasteiger partial charge in [-0.05, 0) is 89.8 Å². The zero-order valence-electron chi connectivity index (χ0n) is 25.6. The van der Waals surface area contributed by atoms with Crippen LogP contribution in [0.5, 0.6) is 0 Å². The summed E-state index contributed by atoms with van der Waals surface area (Å²) in [6.07, 6.45) is 0. The van der Waals surface area contributed by atoms with E-state index in [0.29, 0.717) is 0 Å². The van der Waals surface area contributed by atoms with E-state index in [2.05, 4.69) is 170 Å². The van der Waals surface area contributed by atoms with E-state index in [1.165, 1.54) is 60.0 Å². The van der Waals surface area contributed by atoms with Gasteiger partial charge in [0.15, 0.2) is 0 Å². The van der Waals surface area contributed by atoms with Gasteiger partial charge in [0.05, 0.1) is 0 Å².